The van der Waals surface area contributed by atoms with Crippen molar-refractivity contribution in [2.24, 2.45) is 0 Å². The molecule has 1 heterocycles. The molecule has 1 amide bonds. The highest BCUT2D eigenvalue weighted by molar-refractivity contribution is 5.77. The topological polar surface area (TPSA) is 32.3 Å². The van der Waals surface area contributed by atoms with Crippen molar-refractivity contribution in [3.63, 3.8) is 0 Å². The van der Waals surface area contributed by atoms with Gasteiger partial charge in [-0.1, -0.05) is 29.8 Å². The van der Waals surface area contributed by atoms with Crippen molar-refractivity contribution in [3.8, 4) is 0 Å². The second-order valence-electron chi connectivity index (χ2n) is 5.13. The van der Waals surface area contributed by atoms with Gasteiger partial charge < -0.3 is 10.2 Å². The number of nitrogens with zero attached hydrogens (tertiary/aromatic N) is 1. The van der Waals surface area contributed by atoms with Crippen LogP contribution < -0.4 is 5.32 Å². The van der Waals surface area contributed by atoms with Gasteiger partial charge in [0.05, 0.1) is 0 Å². The van der Waals surface area contributed by atoms with Gasteiger partial charge in [-0.15, -0.1) is 0 Å². The normalized spacial score (nSPS) is 19.9. The summed E-state index contributed by atoms with van der Waals surface area (Å²) >= 11 is 0. The monoisotopic (exact) mass is 246 g/mol. The van der Waals surface area contributed by atoms with Crippen LogP contribution in [0.4, 0.5) is 0 Å². The predicted molar refractivity (Wildman–Crippen MR) is 73.5 cm³/mol. The van der Waals surface area contributed by atoms with Gasteiger partial charge in [-0.2, -0.15) is 0 Å². The van der Waals surface area contributed by atoms with Crippen LogP contribution in [0.2, 0.25) is 0 Å². The van der Waals surface area contributed by atoms with Crippen LogP contribution in [0.15, 0.2) is 24.3 Å². The van der Waals surface area contributed by atoms with E-state index in [-0.39, 0.29) is 5.91 Å². The summed E-state index contributed by atoms with van der Waals surface area (Å²) < 4.78 is 0. The summed E-state index contributed by atoms with van der Waals surface area (Å²) in [5.41, 5.74) is 2.51. The van der Waals surface area contributed by atoms with E-state index in [4.69, 9.17) is 0 Å². The molecule has 1 aromatic carbocycles. The van der Waals surface area contributed by atoms with Crippen LogP contribution in [0.5, 0.6) is 0 Å². The molecule has 1 atom stereocenters. The molecule has 0 aliphatic carbocycles. The molecule has 1 aliphatic rings. The van der Waals surface area contributed by atoms with E-state index < -0.39 is 0 Å². The summed E-state index contributed by atoms with van der Waals surface area (Å²) in [6, 6.07) is 8.76. The first-order valence-corrected chi connectivity index (χ1v) is 6.72. The Hall–Kier alpha value is -1.35. The van der Waals surface area contributed by atoms with Crippen molar-refractivity contribution < 1.29 is 4.79 Å². The Labute approximate surface area is 109 Å². The zero-order valence-corrected chi connectivity index (χ0v) is 11.3. The van der Waals surface area contributed by atoms with E-state index in [0.717, 1.165) is 26.1 Å². The first kappa shape index (κ1) is 13.1. The molecule has 3 heteroatoms. The molecule has 0 bridgehead atoms. The molecule has 0 saturated carbocycles. The van der Waals surface area contributed by atoms with E-state index >= 15 is 0 Å². The summed E-state index contributed by atoms with van der Waals surface area (Å²) in [5.74, 6) is 0.282. The molecule has 18 heavy (non-hydrogen) atoms. The third-order valence-corrected chi connectivity index (χ3v) is 3.57. The van der Waals surface area contributed by atoms with Gasteiger partial charge in [-0.3, -0.25) is 4.79 Å². The molecule has 1 unspecified atom stereocenters. The van der Waals surface area contributed by atoms with E-state index in [0.29, 0.717) is 12.5 Å². The first-order valence-electron chi connectivity index (χ1n) is 6.72. The molecule has 0 radical (unpaired) electrons. The molecular weight excluding hydrogens is 224 g/mol. The fourth-order valence-corrected chi connectivity index (χ4v) is 2.36. The van der Waals surface area contributed by atoms with E-state index in [1.54, 1.807) is 0 Å². The number of carbonyl (C=O) groups is 1. The van der Waals surface area contributed by atoms with Gasteiger partial charge in [-0.25, -0.2) is 0 Å². The SMILES string of the molecule is Cc1ccc(CCC(=O)N2CCNCC2C)cc1. The lowest BCUT2D eigenvalue weighted by molar-refractivity contribution is -0.133. The molecule has 98 valence electrons. The summed E-state index contributed by atoms with van der Waals surface area (Å²) in [6.07, 6.45) is 1.46. The standard InChI is InChI=1S/C15H22N2O/c1-12-3-5-14(6-4-12)7-8-15(18)17-10-9-16-11-13(17)2/h3-6,13,16H,7-11H2,1-2H3. The van der Waals surface area contributed by atoms with E-state index in [2.05, 4.69) is 43.4 Å². The van der Waals surface area contributed by atoms with Crippen molar-refractivity contribution in [2.45, 2.75) is 32.7 Å². The highest BCUT2D eigenvalue weighted by Crippen LogP contribution is 2.10. The Kier molecular flexibility index (Phi) is 4.37. The summed E-state index contributed by atoms with van der Waals surface area (Å²) in [5, 5.41) is 3.31. The zero-order valence-electron chi connectivity index (χ0n) is 11.3. The maximum Gasteiger partial charge on any atom is 0.223 e. The minimum atomic E-state index is 0.282. The molecular formula is C15H22N2O. The molecule has 0 spiro atoms. The number of piperazine rings is 1. The smallest absolute Gasteiger partial charge is 0.223 e. The minimum Gasteiger partial charge on any atom is -0.337 e. The van der Waals surface area contributed by atoms with Crippen molar-refractivity contribution >= 4 is 5.91 Å². The average Bonchev–Trinajstić information content (AvgIpc) is 2.38. The molecule has 1 aromatic rings. The fourth-order valence-electron chi connectivity index (χ4n) is 2.36. The molecule has 3 nitrogen and oxygen atoms in total. The lowest BCUT2D eigenvalue weighted by atomic mass is 10.1. The first-order chi connectivity index (χ1) is 8.66. The van der Waals surface area contributed by atoms with Crippen LogP contribution in [-0.2, 0) is 11.2 Å². The molecule has 0 aromatic heterocycles. The van der Waals surface area contributed by atoms with Gasteiger partial charge in [0.1, 0.15) is 0 Å². The number of hydrogen-bond donors (Lipinski definition) is 1. The van der Waals surface area contributed by atoms with Crippen LogP contribution in [-0.4, -0.2) is 36.5 Å². The van der Waals surface area contributed by atoms with E-state index in [1.807, 2.05) is 4.90 Å². The fraction of sp³-hybridized carbons (Fsp3) is 0.533. The van der Waals surface area contributed by atoms with Crippen molar-refractivity contribution in [1.82, 2.24) is 10.2 Å². The Morgan fingerprint density at radius 3 is 2.78 bits per heavy atom. The quantitative estimate of drug-likeness (QED) is 0.881. The largest absolute Gasteiger partial charge is 0.337 e. The second-order valence-corrected chi connectivity index (χ2v) is 5.13. The third-order valence-electron chi connectivity index (χ3n) is 3.57. The van der Waals surface area contributed by atoms with Gasteiger partial charge in [0, 0.05) is 32.1 Å². The highest BCUT2D eigenvalue weighted by Gasteiger charge is 2.22. The van der Waals surface area contributed by atoms with Crippen molar-refractivity contribution in [3.05, 3.63) is 35.4 Å². The van der Waals surface area contributed by atoms with Gasteiger partial charge in [0.15, 0.2) is 0 Å². The maximum atomic E-state index is 12.1. The number of carbonyl (C=O) groups excluding carboxylic acids is 1. The summed E-state index contributed by atoms with van der Waals surface area (Å²) in [7, 11) is 0. The number of amides is 1. The van der Waals surface area contributed by atoms with Crippen molar-refractivity contribution in [1.29, 1.82) is 0 Å². The summed E-state index contributed by atoms with van der Waals surface area (Å²) in [4.78, 5) is 14.2. The van der Waals surface area contributed by atoms with Crippen LogP contribution in [0.1, 0.15) is 24.5 Å². The van der Waals surface area contributed by atoms with Crippen LogP contribution in [0, 0.1) is 6.92 Å². The Morgan fingerprint density at radius 2 is 2.11 bits per heavy atom. The molecule has 1 saturated heterocycles. The van der Waals surface area contributed by atoms with Gasteiger partial charge in [-0.05, 0) is 25.8 Å². The summed E-state index contributed by atoms with van der Waals surface area (Å²) in [6.45, 7) is 6.86. The number of nitrogens with one attached hydrogen (secondary N) is 1. The van der Waals surface area contributed by atoms with Crippen LogP contribution in [0.3, 0.4) is 0 Å². The van der Waals surface area contributed by atoms with Gasteiger partial charge in [0.25, 0.3) is 0 Å². The Bertz CT molecular complexity index is 399. The zero-order chi connectivity index (χ0) is 13.0. The minimum absolute atomic E-state index is 0.282. The Morgan fingerprint density at radius 1 is 1.39 bits per heavy atom. The number of rotatable bonds is 3. The second kappa shape index (κ2) is 6.01. The van der Waals surface area contributed by atoms with E-state index in [1.165, 1.54) is 11.1 Å². The molecule has 1 aliphatic heterocycles. The van der Waals surface area contributed by atoms with E-state index in [9.17, 15) is 4.79 Å². The molecule has 2 rings (SSSR count). The van der Waals surface area contributed by atoms with Crippen LogP contribution in [0.25, 0.3) is 0 Å². The third kappa shape index (κ3) is 3.33. The molecule has 1 N–H and O–H groups in total. The number of hydrogen-bond acceptors (Lipinski definition) is 2. The average molecular weight is 246 g/mol. The van der Waals surface area contributed by atoms with Gasteiger partial charge >= 0.3 is 0 Å². The van der Waals surface area contributed by atoms with Gasteiger partial charge in [0.2, 0.25) is 5.91 Å². The maximum absolute atomic E-state index is 12.1. The lowest BCUT2D eigenvalue weighted by Crippen LogP contribution is -2.52. The number of benzene rings is 1. The number of aryl methyl sites for hydroxylation is 2. The van der Waals surface area contributed by atoms with Crippen molar-refractivity contribution in [2.75, 3.05) is 19.6 Å². The van der Waals surface area contributed by atoms with Crippen LogP contribution >= 0.6 is 0 Å². The molecule has 1 fully saturated rings. The lowest BCUT2D eigenvalue weighted by Gasteiger charge is -2.34. The highest BCUT2D eigenvalue weighted by atomic mass is 16.2. The Balaban J connectivity index is 1.85. The predicted octanol–water partition coefficient (Wildman–Crippen LogP) is 1.75.